The molecule has 0 aromatic carbocycles. The lowest BCUT2D eigenvalue weighted by Crippen LogP contribution is -2.31. The average Bonchev–Trinajstić information content (AvgIpc) is 2.91. The molecule has 2 atom stereocenters. The van der Waals surface area contributed by atoms with Gasteiger partial charge in [0.05, 0.1) is 3.79 Å². The van der Waals surface area contributed by atoms with Crippen LogP contribution in [0.15, 0.2) is 15.9 Å². The molecule has 1 aliphatic carbocycles. The Morgan fingerprint density at radius 2 is 2.29 bits per heavy atom. The van der Waals surface area contributed by atoms with E-state index in [2.05, 4.69) is 35.0 Å². The van der Waals surface area contributed by atoms with Crippen LogP contribution in [0.25, 0.3) is 0 Å². The molecule has 78 valence electrons. The topological polar surface area (TPSA) is 26.0 Å². The number of thiophene rings is 1. The summed E-state index contributed by atoms with van der Waals surface area (Å²) in [7, 11) is 0. The number of hydrogen-bond donors (Lipinski definition) is 1. The van der Waals surface area contributed by atoms with E-state index in [-0.39, 0.29) is 0 Å². The van der Waals surface area contributed by atoms with E-state index in [0.29, 0.717) is 12.0 Å². The molecule has 0 spiro atoms. The minimum Gasteiger partial charge on any atom is -0.327 e. The Labute approximate surface area is 97.8 Å². The molecular weight excluding hydrogens is 258 g/mol. The summed E-state index contributed by atoms with van der Waals surface area (Å²) in [6.45, 7) is 2.30. The molecule has 3 heteroatoms. The van der Waals surface area contributed by atoms with Crippen molar-refractivity contribution in [2.75, 3.05) is 0 Å². The van der Waals surface area contributed by atoms with Crippen LogP contribution in [0, 0.1) is 11.8 Å². The highest BCUT2D eigenvalue weighted by Gasteiger charge is 2.31. The molecule has 0 amide bonds. The molecule has 1 heterocycles. The summed E-state index contributed by atoms with van der Waals surface area (Å²) in [6, 6.07) is 4.62. The highest BCUT2D eigenvalue weighted by Crippen LogP contribution is 2.38. The number of nitrogens with two attached hydrogens (primary N) is 1. The maximum Gasteiger partial charge on any atom is 0.0701 e. The molecule has 14 heavy (non-hydrogen) atoms. The molecule has 1 aliphatic rings. The van der Waals surface area contributed by atoms with Gasteiger partial charge in [0.2, 0.25) is 0 Å². The standard InChI is InChI=1S/C11H16BrNS/c1-7(8-2-3-8)10(13)6-9-4-5-11(12)14-9/h4-5,7-8,10H,2-3,6,13H2,1H3. The van der Waals surface area contributed by atoms with Crippen LogP contribution in [0.4, 0.5) is 0 Å². The molecule has 2 N–H and O–H groups in total. The Bertz CT molecular complexity index is 306. The molecule has 1 saturated carbocycles. The van der Waals surface area contributed by atoms with Crippen molar-refractivity contribution in [3.8, 4) is 0 Å². The van der Waals surface area contributed by atoms with Crippen LogP contribution in [0.2, 0.25) is 0 Å². The molecule has 0 saturated heterocycles. The molecular formula is C11H16BrNS. The van der Waals surface area contributed by atoms with Crippen molar-refractivity contribution < 1.29 is 0 Å². The largest absolute Gasteiger partial charge is 0.327 e. The van der Waals surface area contributed by atoms with Gasteiger partial charge in [0.1, 0.15) is 0 Å². The number of halogens is 1. The zero-order valence-electron chi connectivity index (χ0n) is 8.37. The van der Waals surface area contributed by atoms with Crippen molar-refractivity contribution in [1.29, 1.82) is 0 Å². The molecule has 1 fully saturated rings. The fraction of sp³-hybridized carbons (Fsp3) is 0.636. The van der Waals surface area contributed by atoms with Gasteiger partial charge in [0.15, 0.2) is 0 Å². The molecule has 2 unspecified atom stereocenters. The van der Waals surface area contributed by atoms with E-state index in [1.54, 1.807) is 11.3 Å². The third kappa shape index (κ3) is 2.59. The van der Waals surface area contributed by atoms with Crippen LogP contribution in [-0.4, -0.2) is 6.04 Å². The smallest absolute Gasteiger partial charge is 0.0701 e. The van der Waals surface area contributed by atoms with Gasteiger partial charge in [-0.15, -0.1) is 11.3 Å². The van der Waals surface area contributed by atoms with Crippen molar-refractivity contribution in [1.82, 2.24) is 0 Å². The summed E-state index contributed by atoms with van der Waals surface area (Å²) in [5.41, 5.74) is 6.19. The van der Waals surface area contributed by atoms with Crippen LogP contribution in [0.5, 0.6) is 0 Å². The Balaban J connectivity index is 1.89. The predicted molar refractivity (Wildman–Crippen MR) is 65.6 cm³/mol. The van der Waals surface area contributed by atoms with Gasteiger partial charge >= 0.3 is 0 Å². The second-order valence-electron chi connectivity index (χ2n) is 4.27. The average molecular weight is 274 g/mol. The van der Waals surface area contributed by atoms with E-state index in [4.69, 9.17) is 5.73 Å². The Hall–Kier alpha value is 0.140. The van der Waals surface area contributed by atoms with E-state index in [9.17, 15) is 0 Å². The maximum absolute atomic E-state index is 6.19. The lowest BCUT2D eigenvalue weighted by Gasteiger charge is -2.18. The minimum absolute atomic E-state index is 0.341. The van der Waals surface area contributed by atoms with E-state index < -0.39 is 0 Å². The first kappa shape index (κ1) is 10.7. The second-order valence-corrected chi connectivity index (χ2v) is 6.82. The van der Waals surface area contributed by atoms with Crippen LogP contribution in [-0.2, 0) is 6.42 Å². The van der Waals surface area contributed by atoms with Crippen LogP contribution >= 0.6 is 27.3 Å². The van der Waals surface area contributed by atoms with Crippen LogP contribution in [0.3, 0.4) is 0 Å². The van der Waals surface area contributed by atoms with Crippen LogP contribution in [0.1, 0.15) is 24.6 Å². The van der Waals surface area contributed by atoms with Crippen molar-refractivity contribution in [3.05, 3.63) is 20.8 Å². The van der Waals surface area contributed by atoms with Crippen molar-refractivity contribution in [2.45, 2.75) is 32.2 Å². The van der Waals surface area contributed by atoms with Gasteiger partial charge in [0, 0.05) is 10.9 Å². The third-order valence-corrected chi connectivity index (χ3v) is 4.75. The molecule has 0 aliphatic heterocycles. The quantitative estimate of drug-likeness (QED) is 0.894. The molecule has 0 bridgehead atoms. The molecule has 1 nitrogen and oxygen atoms in total. The highest BCUT2D eigenvalue weighted by atomic mass is 79.9. The molecule has 2 rings (SSSR count). The monoisotopic (exact) mass is 273 g/mol. The summed E-state index contributed by atoms with van der Waals surface area (Å²) in [4.78, 5) is 1.40. The summed E-state index contributed by atoms with van der Waals surface area (Å²) < 4.78 is 1.21. The fourth-order valence-electron chi connectivity index (χ4n) is 1.85. The van der Waals surface area contributed by atoms with E-state index in [0.717, 1.165) is 12.3 Å². The third-order valence-electron chi connectivity index (χ3n) is 3.11. The fourth-order valence-corrected chi connectivity index (χ4v) is 3.41. The van der Waals surface area contributed by atoms with Gasteiger partial charge in [0.25, 0.3) is 0 Å². The van der Waals surface area contributed by atoms with Crippen molar-refractivity contribution >= 4 is 27.3 Å². The number of rotatable bonds is 4. The van der Waals surface area contributed by atoms with E-state index >= 15 is 0 Å². The van der Waals surface area contributed by atoms with E-state index in [1.807, 2.05) is 0 Å². The first-order valence-electron chi connectivity index (χ1n) is 5.16. The maximum atomic E-state index is 6.19. The first-order valence-corrected chi connectivity index (χ1v) is 6.77. The Morgan fingerprint density at radius 1 is 1.57 bits per heavy atom. The normalized spacial score (nSPS) is 20.8. The molecule has 0 radical (unpaired) electrons. The lowest BCUT2D eigenvalue weighted by molar-refractivity contribution is 0.406. The number of hydrogen-bond acceptors (Lipinski definition) is 2. The zero-order valence-corrected chi connectivity index (χ0v) is 10.8. The minimum atomic E-state index is 0.341. The summed E-state index contributed by atoms with van der Waals surface area (Å²) >= 11 is 5.28. The van der Waals surface area contributed by atoms with Gasteiger partial charge in [-0.1, -0.05) is 6.92 Å². The highest BCUT2D eigenvalue weighted by molar-refractivity contribution is 9.11. The van der Waals surface area contributed by atoms with E-state index in [1.165, 1.54) is 21.5 Å². The van der Waals surface area contributed by atoms with Gasteiger partial charge in [-0.25, -0.2) is 0 Å². The van der Waals surface area contributed by atoms with Gasteiger partial charge in [-0.2, -0.15) is 0 Å². The van der Waals surface area contributed by atoms with Gasteiger partial charge < -0.3 is 5.73 Å². The molecule has 1 aromatic heterocycles. The second kappa shape index (κ2) is 4.33. The Kier molecular flexibility index (Phi) is 3.30. The SMILES string of the molecule is CC(C(N)Cc1ccc(Br)s1)C1CC1. The Morgan fingerprint density at radius 3 is 2.79 bits per heavy atom. The van der Waals surface area contributed by atoms with Crippen LogP contribution < -0.4 is 5.73 Å². The summed E-state index contributed by atoms with van der Waals surface area (Å²) in [6.07, 6.45) is 3.82. The first-order chi connectivity index (χ1) is 6.66. The van der Waals surface area contributed by atoms with Crippen molar-refractivity contribution in [2.24, 2.45) is 17.6 Å². The van der Waals surface area contributed by atoms with Gasteiger partial charge in [-0.05, 0) is 59.2 Å². The lowest BCUT2D eigenvalue weighted by atomic mass is 9.94. The van der Waals surface area contributed by atoms with Crippen molar-refractivity contribution in [3.63, 3.8) is 0 Å². The summed E-state index contributed by atoms with van der Waals surface area (Å²) in [5.74, 6) is 1.60. The van der Waals surface area contributed by atoms with Gasteiger partial charge in [-0.3, -0.25) is 0 Å². The molecule has 1 aromatic rings. The summed E-state index contributed by atoms with van der Waals surface area (Å²) in [5, 5.41) is 0. The zero-order chi connectivity index (χ0) is 10.1. The predicted octanol–water partition coefficient (Wildman–Crippen LogP) is 3.43.